The molecule has 0 atom stereocenters. The van der Waals surface area contributed by atoms with Crippen LogP contribution in [0.4, 0.5) is 4.39 Å². The molecule has 24 heavy (non-hydrogen) atoms. The van der Waals surface area contributed by atoms with Crippen LogP contribution in [-0.2, 0) is 4.74 Å². The van der Waals surface area contributed by atoms with E-state index in [0.29, 0.717) is 40.1 Å². The summed E-state index contributed by atoms with van der Waals surface area (Å²) in [5.74, 6) is 0.344. The molecule has 0 aliphatic heterocycles. The van der Waals surface area contributed by atoms with Crippen molar-refractivity contribution in [1.29, 1.82) is 0 Å². The Hall–Kier alpha value is -2.95. The maximum Gasteiger partial charge on any atom is 0.338 e. The highest BCUT2D eigenvalue weighted by Crippen LogP contribution is 2.32. The van der Waals surface area contributed by atoms with Crippen LogP contribution < -0.4 is 4.74 Å². The number of halogens is 1. The first-order valence-electron chi connectivity index (χ1n) is 7.59. The Labute approximate surface area is 138 Å². The predicted molar refractivity (Wildman–Crippen MR) is 88.9 cm³/mol. The number of esters is 1. The van der Waals surface area contributed by atoms with Crippen LogP contribution in [0.1, 0.15) is 22.8 Å². The number of benzene rings is 2. The Bertz CT molecular complexity index is 908. The Morgan fingerprint density at radius 2 is 2.00 bits per heavy atom. The van der Waals surface area contributed by atoms with Gasteiger partial charge < -0.3 is 9.47 Å². The van der Waals surface area contributed by atoms with E-state index in [9.17, 15) is 9.18 Å². The van der Waals surface area contributed by atoms with E-state index in [0.717, 1.165) is 0 Å². The number of ether oxygens (including phenoxy) is 2. The van der Waals surface area contributed by atoms with E-state index in [4.69, 9.17) is 9.47 Å². The van der Waals surface area contributed by atoms with Crippen LogP contribution in [0.15, 0.2) is 48.7 Å². The van der Waals surface area contributed by atoms with Crippen LogP contribution in [0.5, 0.6) is 11.5 Å². The minimum Gasteiger partial charge on any atom is -0.462 e. The number of carbonyl (C=O) groups excluding carboxylic acids is 1. The topological polar surface area (TPSA) is 48.4 Å². The fourth-order valence-electron chi connectivity index (χ4n) is 2.46. The third-order valence-corrected chi connectivity index (χ3v) is 3.66. The van der Waals surface area contributed by atoms with Gasteiger partial charge in [0.15, 0.2) is 0 Å². The van der Waals surface area contributed by atoms with Gasteiger partial charge in [0, 0.05) is 23.2 Å². The number of nitrogens with zero attached hydrogens (tertiary/aromatic N) is 1. The fraction of sp³-hybridized carbons (Fsp3) is 0.158. The first-order valence-corrected chi connectivity index (χ1v) is 7.59. The van der Waals surface area contributed by atoms with Crippen molar-refractivity contribution in [2.45, 2.75) is 13.8 Å². The molecular weight excluding hydrogens is 309 g/mol. The van der Waals surface area contributed by atoms with Crippen molar-refractivity contribution in [3.63, 3.8) is 0 Å². The van der Waals surface area contributed by atoms with Crippen LogP contribution in [-0.4, -0.2) is 17.6 Å². The molecule has 0 radical (unpaired) electrons. The zero-order chi connectivity index (χ0) is 17.1. The maximum absolute atomic E-state index is 13.3. The molecule has 2 aromatic carbocycles. The molecule has 4 nitrogen and oxygen atoms in total. The summed E-state index contributed by atoms with van der Waals surface area (Å²) in [6.45, 7) is 3.87. The summed E-state index contributed by atoms with van der Waals surface area (Å²) in [7, 11) is 0. The quantitative estimate of drug-likeness (QED) is 0.655. The standard InChI is InChI=1S/C19H16FNO3/c1-3-23-19(22)14-5-4-6-17(12(14)2)24-18-9-10-21-16-11-13(20)7-8-15(16)18/h4-11H,3H2,1-2H3. The average Bonchev–Trinajstić information content (AvgIpc) is 2.57. The lowest BCUT2D eigenvalue weighted by Crippen LogP contribution is -2.07. The molecular formula is C19H16FNO3. The van der Waals surface area contributed by atoms with E-state index in [1.807, 2.05) is 0 Å². The molecule has 1 aromatic heterocycles. The van der Waals surface area contributed by atoms with Crippen LogP contribution in [0.25, 0.3) is 10.9 Å². The Balaban J connectivity index is 2.00. The van der Waals surface area contributed by atoms with E-state index in [-0.39, 0.29) is 11.8 Å². The third-order valence-electron chi connectivity index (χ3n) is 3.66. The summed E-state index contributed by atoms with van der Waals surface area (Å²) >= 11 is 0. The summed E-state index contributed by atoms with van der Waals surface area (Å²) in [6, 6.07) is 11.2. The molecule has 122 valence electrons. The number of aromatic nitrogens is 1. The molecule has 3 rings (SSSR count). The second-order valence-corrected chi connectivity index (χ2v) is 5.22. The lowest BCUT2D eigenvalue weighted by Gasteiger charge is -2.13. The van der Waals surface area contributed by atoms with Crippen molar-refractivity contribution in [3.05, 3.63) is 65.6 Å². The van der Waals surface area contributed by atoms with Gasteiger partial charge in [-0.25, -0.2) is 9.18 Å². The van der Waals surface area contributed by atoms with Gasteiger partial charge in [-0.3, -0.25) is 4.98 Å². The summed E-state index contributed by atoms with van der Waals surface area (Å²) in [5, 5.41) is 0.694. The Morgan fingerprint density at radius 3 is 2.79 bits per heavy atom. The predicted octanol–water partition coefficient (Wildman–Crippen LogP) is 4.65. The van der Waals surface area contributed by atoms with Gasteiger partial charge in [-0.15, -0.1) is 0 Å². The molecule has 0 spiro atoms. The average molecular weight is 325 g/mol. The number of hydrogen-bond acceptors (Lipinski definition) is 4. The summed E-state index contributed by atoms with van der Waals surface area (Å²) < 4.78 is 24.4. The SMILES string of the molecule is CCOC(=O)c1cccc(Oc2ccnc3cc(F)ccc23)c1C. The highest BCUT2D eigenvalue weighted by Gasteiger charge is 2.14. The monoisotopic (exact) mass is 325 g/mol. The number of pyridine rings is 1. The van der Waals surface area contributed by atoms with E-state index in [1.165, 1.54) is 12.1 Å². The second-order valence-electron chi connectivity index (χ2n) is 5.22. The lowest BCUT2D eigenvalue weighted by molar-refractivity contribution is 0.0525. The number of hydrogen-bond donors (Lipinski definition) is 0. The zero-order valence-electron chi connectivity index (χ0n) is 13.4. The highest BCUT2D eigenvalue weighted by atomic mass is 19.1. The zero-order valence-corrected chi connectivity index (χ0v) is 13.4. The van der Waals surface area contributed by atoms with Gasteiger partial charge in [0.1, 0.15) is 17.3 Å². The first-order chi connectivity index (χ1) is 11.6. The molecule has 0 aliphatic rings. The van der Waals surface area contributed by atoms with Gasteiger partial charge in [0.25, 0.3) is 0 Å². The Morgan fingerprint density at radius 1 is 1.17 bits per heavy atom. The van der Waals surface area contributed by atoms with E-state index < -0.39 is 0 Å². The molecule has 1 heterocycles. The van der Waals surface area contributed by atoms with Crippen LogP contribution in [0.3, 0.4) is 0 Å². The van der Waals surface area contributed by atoms with Crippen molar-refractivity contribution in [1.82, 2.24) is 4.98 Å². The molecule has 0 fully saturated rings. The van der Waals surface area contributed by atoms with E-state index >= 15 is 0 Å². The summed E-state index contributed by atoms with van der Waals surface area (Å²) in [5.41, 5.74) is 1.65. The fourth-order valence-corrected chi connectivity index (χ4v) is 2.46. The molecule has 5 heteroatoms. The summed E-state index contributed by atoms with van der Waals surface area (Å²) in [6.07, 6.45) is 1.56. The van der Waals surface area contributed by atoms with Crippen molar-refractivity contribution in [2.24, 2.45) is 0 Å². The first kappa shape index (κ1) is 15.9. The molecule has 0 saturated carbocycles. The number of rotatable bonds is 4. The smallest absolute Gasteiger partial charge is 0.338 e. The molecule has 0 saturated heterocycles. The van der Waals surface area contributed by atoms with Gasteiger partial charge in [-0.2, -0.15) is 0 Å². The van der Waals surface area contributed by atoms with E-state index in [2.05, 4.69) is 4.98 Å². The maximum atomic E-state index is 13.3. The number of fused-ring (bicyclic) bond motifs is 1. The molecule has 0 aliphatic carbocycles. The molecule has 3 aromatic rings. The van der Waals surface area contributed by atoms with Crippen molar-refractivity contribution >= 4 is 16.9 Å². The minimum absolute atomic E-state index is 0.309. The molecule has 0 bridgehead atoms. The van der Waals surface area contributed by atoms with Gasteiger partial charge in [-0.05, 0) is 44.2 Å². The van der Waals surface area contributed by atoms with Gasteiger partial charge in [0.05, 0.1) is 17.7 Å². The number of carbonyl (C=O) groups is 1. The minimum atomic E-state index is -0.387. The van der Waals surface area contributed by atoms with Crippen LogP contribution >= 0.6 is 0 Å². The van der Waals surface area contributed by atoms with Crippen molar-refractivity contribution < 1.29 is 18.7 Å². The molecule has 0 amide bonds. The van der Waals surface area contributed by atoms with Gasteiger partial charge in [0.2, 0.25) is 0 Å². The normalized spacial score (nSPS) is 10.6. The Kier molecular flexibility index (Phi) is 4.42. The lowest BCUT2D eigenvalue weighted by atomic mass is 10.1. The second kappa shape index (κ2) is 6.66. The molecule has 0 N–H and O–H groups in total. The highest BCUT2D eigenvalue weighted by molar-refractivity contribution is 5.92. The van der Waals surface area contributed by atoms with Crippen molar-refractivity contribution in [3.8, 4) is 11.5 Å². The summed E-state index contributed by atoms with van der Waals surface area (Å²) in [4.78, 5) is 16.1. The largest absolute Gasteiger partial charge is 0.462 e. The third kappa shape index (κ3) is 3.06. The van der Waals surface area contributed by atoms with Crippen molar-refractivity contribution in [2.75, 3.05) is 6.61 Å². The van der Waals surface area contributed by atoms with Crippen LogP contribution in [0.2, 0.25) is 0 Å². The van der Waals surface area contributed by atoms with Gasteiger partial charge in [-0.1, -0.05) is 6.07 Å². The molecule has 0 unspecified atom stereocenters. The van der Waals surface area contributed by atoms with Crippen LogP contribution in [0, 0.1) is 12.7 Å². The van der Waals surface area contributed by atoms with Gasteiger partial charge >= 0.3 is 5.97 Å². The van der Waals surface area contributed by atoms with E-state index in [1.54, 1.807) is 50.4 Å².